The van der Waals surface area contributed by atoms with E-state index in [1.807, 2.05) is 0 Å². The highest BCUT2D eigenvalue weighted by Gasteiger charge is 2.31. The molecule has 0 heterocycles. The zero-order chi connectivity index (χ0) is 90.8. The van der Waals surface area contributed by atoms with E-state index in [4.69, 9.17) is 37.9 Å². The summed E-state index contributed by atoms with van der Waals surface area (Å²) in [5.41, 5.74) is 8.74. The fraction of sp³-hybridized carbons (Fsp3) is 0.800. The average Bonchev–Trinajstić information content (AvgIpc) is 0.725. The molecule has 0 aromatic heterocycles. The van der Waals surface area contributed by atoms with Gasteiger partial charge >= 0.3 is 0 Å². The highest BCUT2D eigenvalue weighted by atomic mass is 16.5. The van der Waals surface area contributed by atoms with Crippen molar-refractivity contribution in [2.24, 2.45) is 0 Å². The zero-order valence-electron chi connectivity index (χ0n) is 86.1. The molecule has 0 bridgehead atoms. The van der Waals surface area contributed by atoms with Gasteiger partial charge in [-0.05, 0) is 144 Å². The van der Waals surface area contributed by atoms with Crippen LogP contribution in [0.1, 0.15) is 569 Å². The fourth-order valence-corrected chi connectivity index (χ4v) is 19.1. The molecule has 1 aliphatic carbocycles. The first kappa shape index (κ1) is 114. The Morgan fingerprint density at radius 1 is 0.102 bits per heavy atom. The van der Waals surface area contributed by atoms with E-state index in [0.29, 0.717) is 52.9 Å². The SMILES string of the molecule is CCCCCCCCCCCCOc1cc2c(cc1OCCCCCCCCCCCC)-c1cc(OCCCCCCCCCCCC)c(OCCCCCCCCCCCC)cc1-c1cc(OCCCCCCCCCCCC)c(OCCCCCCCCCCCC)cc1-c1cc(OCCCCCCCCCCCC)c(OCCCCCCCCCCCC)cc1-2. The number of hydrogen-bond acceptors (Lipinski definition) is 8. The molecule has 0 saturated heterocycles. The van der Waals surface area contributed by atoms with E-state index < -0.39 is 0 Å². The molecule has 8 nitrogen and oxygen atoms in total. The Labute approximate surface area is 794 Å². The van der Waals surface area contributed by atoms with Gasteiger partial charge in [-0.15, -0.1) is 0 Å². The lowest BCUT2D eigenvalue weighted by Crippen LogP contribution is -2.08. The number of fused-ring (bicyclic) bond motifs is 8. The predicted molar refractivity (Wildman–Crippen MR) is 560 cm³/mol. The summed E-state index contributed by atoms with van der Waals surface area (Å²) in [5.74, 6) is 6.55. The summed E-state index contributed by atoms with van der Waals surface area (Å²) in [6.07, 6.45) is 102. The molecule has 0 spiro atoms. The van der Waals surface area contributed by atoms with Crippen LogP contribution in [-0.4, -0.2) is 52.9 Å². The maximum atomic E-state index is 7.33. The lowest BCUT2D eigenvalue weighted by molar-refractivity contribution is 0.258. The van der Waals surface area contributed by atoms with Gasteiger partial charge in [0.05, 0.1) is 52.9 Å². The molecule has 0 aliphatic heterocycles. The molecule has 4 aromatic carbocycles. The molecule has 0 saturated carbocycles. The molecular weight excluding hydrogens is 1570 g/mol. The summed E-state index contributed by atoms with van der Waals surface area (Å²) in [5, 5.41) is 0. The van der Waals surface area contributed by atoms with Gasteiger partial charge in [-0.25, -0.2) is 0 Å². The second kappa shape index (κ2) is 82.9. The normalized spacial score (nSPS) is 11.7. The van der Waals surface area contributed by atoms with Crippen molar-refractivity contribution in [3.8, 4) is 90.5 Å². The van der Waals surface area contributed by atoms with Gasteiger partial charge in [0.15, 0.2) is 46.0 Å². The third kappa shape index (κ3) is 54.6. The third-order valence-electron chi connectivity index (χ3n) is 27.5. The van der Waals surface area contributed by atoms with Crippen LogP contribution < -0.4 is 37.9 Å². The fourth-order valence-electron chi connectivity index (χ4n) is 19.1. The number of ether oxygens (including phenoxy) is 8. The van der Waals surface area contributed by atoms with Crippen LogP contribution in [0.5, 0.6) is 46.0 Å². The summed E-state index contributed by atoms with van der Waals surface area (Å²) >= 11 is 0. The average molecular weight is 1780 g/mol. The van der Waals surface area contributed by atoms with Crippen LogP contribution in [0.15, 0.2) is 48.5 Å². The number of hydrogen-bond donors (Lipinski definition) is 0. The molecule has 128 heavy (non-hydrogen) atoms. The lowest BCUT2D eigenvalue weighted by atomic mass is 9.80. The Hall–Kier alpha value is -4.72. The minimum atomic E-state index is 0.632. The summed E-state index contributed by atoms with van der Waals surface area (Å²) in [7, 11) is 0. The third-order valence-corrected chi connectivity index (χ3v) is 27.5. The van der Waals surface area contributed by atoms with Crippen LogP contribution in [0.4, 0.5) is 0 Å². The van der Waals surface area contributed by atoms with Crippen molar-refractivity contribution >= 4 is 0 Å². The van der Waals surface area contributed by atoms with Crippen LogP contribution in [0.3, 0.4) is 0 Å². The monoisotopic (exact) mass is 1780 g/mol. The number of benzene rings is 4. The zero-order valence-corrected chi connectivity index (χ0v) is 86.1. The second-order valence-corrected chi connectivity index (χ2v) is 39.6. The smallest absolute Gasteiger partial charge is 0.161 e. The van der Waals surface area contributed by atoms with Gasteiger partial charge in [0.2, 0.25) is 0 Å². The van der Waals surface area contributed by atoms with Crippen molar-refractivity contribution in [1.29, 1.82) is 0 Å². The Kier molecular flexibility index (Phi) is 73.7. The highest BCUT2D eigenvalue weighted by Crippen LogP contribution is 2.57. The maximum Gasteiger partial charge on any atom is 0.161 e. The van der Waals surface area contributed by atoms with Crippen LogP contribution in [-0.2, 0) is 0 Å². The quantitative estimate of drug-likeness (QED) is 0.0357. The first-order chi connectivity index (χ1) is 63.5. The van der Waals surface area contributed by atoms with Crippen LogP contribution in [0, 0.1) is 0 Å². The molecule has 0 atom stereocenters. The first-order valence-corrected chi connectivity index (χ1v) is 57.2. The number of rotatable bonds is 96. The molecule has 1 aliphatic rings. The molecule has 0 N–H and O–H groups in total. The van der Waals surface area contributed by atoms with Crippen molar-refractivity contribution in [3.63, 3.8) is 0 Å². The van der Waals surface area contributed by atoms with E-state index >= 15 is 0 Å². The van der Waals surface area contributed by atoms with E-state index in [9.17, 15) is 0 Å². The molecule has 4 aromatic rings. The van der Waals surface area contributed by atoms with Gasteiger partial charge in [0.25, 0.3) is 0 Å². The molecule has 5 rings (SSSR count). The largest absolute Gasteiger partial charge is 0.490 e. The van der Waals surface area contributed by atoms with Gasteiger partial charge in [-0.3, -0.25) is 0 Å². The van der Waals surface area contributed by atoms with E-state index in [1.165, 1.54) is 411 Å². The van der Waals surface area contributed by atoms with Gasteiger partial charge in [-0.1, -0.05) is 518 Å². The van der Waals surface area contributed by atoms with Crippen molar-refractivity contribution in [2.75, 3.05) is 52.9 Å². The summed E-state index contributed by atoms with van der Waals surface area (Å²) in [6, 6.07) is 19.1. The first-order valence-electron chi connectivity index (χ1n) is 57.2. The van der Waals surface area contributed by atoms with Gasteiger partial charge in [-0.2, -0.15) is 0 Å². The van der Waals surface area contributed by atoms with Crippen molar-refractivity contribution in [2.45, 2.75) is 569 Å². The topological polar surface area (TPSA) is 73.8 Å². The Morgan fingerprint density at radius 2 is 0.172 bits per heavy atom. The van der Waals surface area contributed by atoms with Gasteiger partial charge in [0, 0.05) is 0 Å². The second-order valence-electron chi connectivity index (χ2n) is 39.6. The van der Waals surface area contributed by atoms with Crippen molar-refractivity contribution in [3.05, 3.63) is 48.5 Å². The maximum absolute atomic E-state index is 7.33. The Bertz CT molecular complexity index is 2500. The molecular formula is C120H208O8. The Morgan fingerprint density at radius 3 is 0.250 bits per heavy atom. The molecule has 8 heteroatoms. The molecule has 0 radical (unpaired) electrons. The molecule has 0 amide bonds. The predicted octanol–water partition coefficient (Wildman–Crippen LogP) is 41.1. The van der Waals surface area contributed by atoms with E-state index in [1.54, 1.807) is 0 Å². The van der Waals surface area contributed by atoms with E-state index in [-0.39, 0.29) is 0 Å². The minimum Gasteiger partial charge on any atom is -0.490 e. The van der Waals surface area contributed by atoms with Crippen LogP contribution >= 0.6 is 0 Å². The summed E-state index contributed by atoms with van der Waals surface area (Å²) in [4.78, 5) is 0. The van der Waals surface area contributed by atoms with Crippen molar-refractivity contribution < 1.29 is 37.9 Å². The lowest BCUT2D eigenvalue weighted by Gasteiger charge is -2.28. The van der Waals surface area contributed by atoms with Gasteiger partial charge in [0.1, 0.15) is 0 Å². The molecule has 0 fully saturated rings. The highest BCUT2D eigenvalue weighted by molar-refractivity contribution is 6.06. The number of unbranched alkanes of at least 4 members (excludes halogenated alkanes) is 72. The molecule has 736 valence electrons. The summed E-state index contributed by atoms with van der Waals surface area (Å²) < 4.78 is 58.6. The van der Waals surface area contributed by atoms with E-state index in [0.717, 1.165) is 193 Å². The van der Waals surface area contributed by atoms with Crippen LogP contribution in [0.2, 0.25) is 0 Å². The van der Waals surface area contributed by atoms with Crippen molar-refractivity contribution in [1.82, 2.24) is 0 Å². The van der Waals surface area contributed by atoms with Crippen LogP contribution in [0.25, 0.3) is 44.5 Å². The standard InChI is InChI=1S/C120H208O8/c1-9-17-25-33-41-49-57-65-73-81-89-121-113-97-105-106(98-114(113)122-90-82-74-66-58-50-42-34-26-18-10-2)108-100-116(124-92-84-76-68-60-52-44-36-28-20-12-4)118(126-94-86-78-70-62-54-46-38-30-22-14-6)102-110(108)112-104-120(128-96-88-80-72-64-56-48-40-32-24-16-8)119(127-95-87-79-71-63-55-47-39-31-23-15-7)103-111(112)109-101-117(125-93-85-77-69-61-53-45-37-29-21-13-5)115(99-107(105)109)123-91-83-75-67-59-51-43-35-27-19-11-3/h97-104H,9-96H2,1-8H3. The Balaban J connectivity index is 1.81. The van der Waals surface area contributed by atoms with E-state index in [2.05, 4.69) is 104 Å². The van der Waals surface area contributed by atoms with Gasteiger partial charge < -0.3 is 37.9 Å². The minimum absolute atomic E-state index is 0.632. The summed E-state index contributed by atoms with van der Waals surface area (Å²) in [6.45, 7) is 23.6. The molecule has 0 unspecified atom stereocenters.